The number of benzene rings is 1. The summed E-state index contributed by atoms with van der Waals surface area (Å²) in [5, 5.41) is 11.4. The number of carboxylic acid groups (broad SMARTS) is 1. The van der Waals surface area contributed by atoms with Crippen LogP contribution >= 0.6 is 0 Å². The van der Waals surface area contributed by atoms with Gasteiger partial charge in [0.2, 0.25) is 0 Å². The summed E-state index contributed by atoms with van der Waals surface area (Å²) >= 11 is 0. The third-order valence-corrected chi connectivity index (χ3v) is 5.96. The molecule has 8 nitrogen and oxygen atoms in total. The Bertz CT molecular complexity index is 859. The van der Waals surface area contributed by atoms with Crippen LogP contribution in [0.1, 0.15) is 24.2 Å². The summed E-state index contributed by atoms with van der Waals surface area (Å²) in [5.41, 5.74) is -0.0307. The van der Waals surface area contributed by atoms with E-state index in [1.54, 1.807) is 13.8 Å². The minimum Gasteiger partial charge on any atom is -0.480 e. The largest absolute Gasteiger partial charge is 0.480 e. The summed E-state index contributed by atoms with van der Waals surface area (Å²) in [6.45, 7) is 3.27. The highest BCUT2D eigenvalue weighted by atomic mass is 32.3. The lowest BCUT2D eigenvalue weighted by Gasteiger charge is -2.18. The van der Waals surface area contributed by atoms with Crippen molar-refractivity contribution in [1.29, 1.82) is 0 Å². The third kappa shape index (κ3) is 5.60. The van der Waals surface area contributed by atoms with Gasteiger partial charge in [0.05, 0.1) is 14.6 Å². The number of nitrogens with zero attached hydrogens (tertiary/aromatic N) is 1. The van der Waals surface area contributed by atoms with E-state index in [-0.39, 0.29) is 16.4 Å². The van der Waals surface area contributed by atoms with Crippen LogP contribution in [-0.4, -0.2) is 48.2 Å². The van der Waals surface area contributed by atoms with Crippen LogP contribution in [0, 0.1) is 5.92 Å². The Morgan fingerprint density at radius 2 is 1.75 bits per heavy atom. The highest BCUT2D eigenvalue weighted by Gasteiger charge is 2.24. The molecule has 0 aromatic heterocycles. The van der Waals surface area contributed by atoms with Crippen LogP contribution in [0.5, 0.6) is 0 Å². The Labute approximate surface area is 141 Å². The normalized spacial score (nSPS) is 13.4. The number of carboxylic acids is 1. The standard InChI is InChI=1S/C14H20N2O6S2/c1-9(2)12(14(18)19)15-13(17)10-6-5-7-11(8-10)24(21,22)16-23(3,4)20/h5-9,12H,1-4H3,(H,15,17)(H,18,19)/t12-/m1/s1. The Morgan fingerprint density at radius 1 is 1.17 bits per heavy atom. The van der Waals surface area contributed by atoms with E-state index in [0.717, 1.165) is 6.07 Å². The van der Waals surface area contributed by atoms with Gasteiger partial charge in [-0.2, -0.15) is 8.42 Å². The van der Waals surface area contributed by atoms with E-state index in [9.17, 15) is 22.2 Å². The van der Waals surface area contributed by atoms with Crippen molar-refractivity contribution in [2.75, 3.05) is 12.5 Å². The predicted octanol–water partition coefficient (Wildman–Crippen LogP) is 0.942. The summed E-state index contributed by atoms with van der Waals surface area (Å²) in [4.78, 5) is 23.0. The van der Waals surface area contributed by atoms with E-state index in [2.05, 4.69) is 9.08 Å². The molecule has 1 atom stereocenters. The average molecular weight is 376 g/mol. The molecule has 1 amide bonds. The van der Waals surface area contributed by atoms with Gasteiger partial charge in [-0.3, -0.25) is 4.79 Å². The first-order valence-electron chi connectivity index (χ1n) is 6.90. The highest BCUT2D eigenvalue weighted by molar-refractivity contribution is 8.02. The van der Waals surface area contributed by atoms with Gasteiger partial charge in [-0.25, -0.2) is 9.00 Å². The van der Waals surface area contributed by atoms with E-state index < -0.39 is 37.7 Å². The highest BCUT2D eigenvalue weighted by Crippen LogP contribution is 2.16. The predicted molar refractivity (Wildman–Crippen MR) is 89.8 cm³/mol. The molecule has 0 aliphatic carbocycles. The number of carbonyl (C=O) groups is 2. The molecule has 1 rings (SSSR count). The maximum absolute atomic E-state index is 12.2. The van der Waals surface area contributed by atoms with E-state index in [1.807, 2.05) is 0 Å². The topological polar surface area (TPSA) is 130 Å². The molecule has 0 aliphatic heterocycles. The molecule has 0 bridgehead atoms. The van der Waals surface area contributed by atoms with Crippen molar-refractivity contribution >= 4 is 31.6 Å². The van der Waals surface area contributed by atoms with Crippen LogP contribution in [-0.2, 0) is 24.5 Å². The summed E-state index contributed by atoms with van der Waals surface area (Å²) in [7, 11) is -7.08. The summed E-state index contributed by atoms with van der Waals surface area (Å²) in [6.07, 6.45) is 2.36. The van der Waals surface area contributed by atoms with Crippen molar-refractivity contribution in [1.82, 2.24) is 5.32 Å². The Morgan fingerprint density at radius 3 is 2.21 bits per heavy atom. The number of sulfonamides is 1. The van der Waals surface area contributed by atoms with E-state index in [0.29, 0.717) is 0 Å². The molecular weight excluding hydrogens is 356 g/mol. The van der Waals surface area contributed by atoms with Gasteiger partial charge in [0.25, 0.3) is 15.9 Å². The molecule has 0 spiro atoms. The van der Waals surface area contributed by atoms with Gasteiger partial charge in [-0.1, -0.05) is 19.9 Å². The summed E-state index contributed by atoms with van der Waals surface area (Å²) < 4.78 is 39.1. The second kappa shape index (κ2) is 7.31. The van der Waals surface area contributed by atoms with Crippen molar-refractivity contribution in [3.63, 3.8) is 0 Å². The molecular formula is C14H20N2O6S2. The number of hydrogen-bond donors (Lipinski definition) is 2. The smallest absolute Gasteiger partial charge is 0.326 e. The lowest BCUT2D eigenvalue weighted by Crippen LogP contribution is -2.44. The molecule has 0 aliphatic rings. The van der Waals surface area contributed by atoms with Gasteiger partial charge in [0.1, 0.15) is 6.04 Å². The Balaban J connectivity index is 3.20. The molecule has 0 radical (unpaired) electrons. The molecule has 0 unspecified atom stereocenters. The van der Waals surface area contributed by atoms with Crippen molar-refractivity contribution < 1.29 is 27.3 Å². The van der Waals surface area contributed by atoms with Gasteiger partial charge >= 0.3 is 5.97 Å². The zero-order valence-corrected chi connectivity index (χ0v) is 15.3. The number of rotatable bonds is 6. The van der Waals surface area contributed by atoms with Crippen LogP contribution < -0.4 is 5.32 Å². The monoisotopic (exact) mass is 376 g/mol. The molecule has 0 saturated heterocycles. The second-order valence-electron chi connectivity index (χ2n) is 5.79. The Hall–Kier alpha value is -1.94. The van der Waals surface area contributed by atoms with Gasteiger partial charge in [-0.15, -0.1) is 3.77 Å². The van der Waals surface area contributed by atoms with E-state index in [1.165, 1.54) is 30.7 Å². The number of amides is 1. The number of nitrogens with one attached hydrogen (secondary N) is 1. The molecule has 2 N–H and O–H groups in total. The van der Waals surface area contributed by atoms with Crippen LogP contribution in [0.2, 0.25) is 0 Å². The van der Waals surface area contributed by atoms with Crippen LogP contribution in [0.3, 0.4) is 0 Å². The fourth-order valence-electron chi connectivity index (χ4n) is 1.82. The van der Waals surface area contributed by atoms with E-state index >= 15 is 0 Å². The maximum Gasteiger partial charge on any atom is 0.326 e. The molecule has 0 fully saturated rings. The zero-order chi connectivity index (χ0) is 18.7. The zero-order valence-electron chi connectivity index (χ0n) is 13.7. The summed E-state index contributed by atoms with van der Waals surface area (Å²) in [6, 6.07) is 3.86. The molecule has 24 heavy (non-hydrogen) atoms. The number of hydrogen-bond acceptors (Lipinski definition) is 5. The molecule has 1 aromatic carbocycles. The molecule has 134 valence electrons. The first-order chi connectivity index (χ1) is 10.8. The van der Waals surface area contributed by atoms with Crippen LogP contribution in [0.25, 0.3) is 0 Å². The molecule has 0 heterocycles. The lowest BCUT2D eigenvalue weighted by molar-refractivity contribution is -0.140. The van der Waals surface area contributed by atoms with Crippen molar-refractivity contribution in [2.24, 2.45) is 9.69 Å². The van der Waals surface area contributed by atoms with Gasteiger partial charge in [-0.05, 0) is 24.1 Å². The van der Waals surface area contributed by atoms with Crippen molar-refractivity contribution in [3.8, 4) is 0 Å². The van der Waals surface area contributed by atoms with Crippen LogP contribution in [0.15, 0.2) is 32.9 Å². The number of carbonyl (C=O) groups excluding carboxylic acids is 1. The first-order valence-corrected chi connectivity index (χ1v) is 10.7. The first kappa shape index (κ1) is 20.1. The molecule has 0 saturated carbocycles. The number of aliphatic carboxylic acids is 1. The fourth-order valence-corrected chi connectivity index (χ4v) is 4.58. The maximum atomic E-state index is 12.2. The Kier molecular flexibility index (Phi) is 6.12. The third-order valence-electron chi connectivity index (χ3n) is 2.89. The van der Waals surface area contributed by atoms with E-state index in [4.69, 9.17) is 5.11 Å². The minimum atomic E-state index is -4.18. The molecule has 10 heteroatoms. The summed E-state index contributed by atoms with van der Waals surface area (Å²) in [5.74, 6) is -2.26. The van der Waals surface area contributed by atoms with Gasteiger partial charge in [0, 0.05) is 18.1 Å². The lowest BCUT2D eigenvalue weighted by atomic mass is 10.0. The minimum absolute atomic E-state index is 0.0307. The van der Waals surface area contributed by atoms with Crippen molar-refractivity contribution in [2.45, 2.75) is 24.8 Å². The van der Waals surface area contributed by atoms with Gasteiger partial charge in [0.15, 0.2) is 0 Å². The average Bonchev–Trinajstić information content (AvgIpc) is 2.41. The van der Waals surface area contributed by atoms with Crippen molar-refractivity contribution in [3.05, 3.63) is 29.8 Å². The fraction of sp³-hybridized carbons (Fsp3) is 0.429. The second-order valence-corrected chi connectivity index (χ2v) is 10.2. The quantitative estimate of drug-likeness (QED) is 0.760. The van der Waals surface area contributed by atoms with Gasteiger partial charge < -0.3 is 10.4 Å². The molecule has 1 aromatic rings. The SMILES string of the molecule is CC(C)[C@@H](NC(=O)c1cccc(S(=O)(=O)N=S(C)(C)=O)c1)C(=O)O. The van der Waals surface area contributed by atoms with Crippen LogP contribution in [0.4, 0.5) is 0 Å².